The summed E-state index contributed by atoms with van der Waals surface area (Å²) in [7, 11) is 0. The molecule has 2 aromatic rings. The predicted molar refractivity (Wildman–Crippen MR) is 101 cm³/mol. The van der Waals surface area contributed by atoms with E-state index in [9.17, 15) is 9.59 Å². The van der Waals surface area contributed by atoms with Crippen molar-refractivity contribution in [2.75, 3.05) is 26.3 Å². The first-order valence-electron chi connectivity index (χ1n) is 9.75. The number of hydrogen-bond donors (Lipinski definition) is 0. The van der Waals surface area contributed by atoms with Crippen LogP contribution in [0.4, 0.5) is 0 Å². The topological polar surface area (TPSA) is 69.0 Å². The third-order valence-electron chi connectivity index (χ3n) is 5.39. The van der Waals surface area contributed by atoms with E-state index in [-0.39, 0.29) is 11.5 Å². The maximum absolute atomic E-state index is 12.6. The van der Waals surface area contributed by atoms with E-state index >= 15 is 0 Å². The Morgan fingerprint density at radius 2 is 1.93 bits per heavy atom. The largest absolute Gasteiger partial charge is 0.481 e. The standard InChI is InChI=1S/C21H25NO5/c1-14(20(23)22-9-4-11-25-12-10-22)26-15-7-8-17-16-5-2-3-6-18(16)21(24)27-19(17)13-15/h7-8,13-14H,2-6,9-12H2,1H3. The first kappa shape index (κ1) is 18.0. The summed E-state index contributed by atoms with van der Waals surface area (Å²) in [5, 5.41) is 0.972. The fourth-order valence-corrected chi connectivity index (χ4v) is 3.98. The lowest BCUT2D eigenvalue weighted by atomic mass is 9.91. The van der Waals surface area contributed by atoms with Crippen molar-refractivity contribution in [3.63, 3.8) is 0 Å². The van der Waals surface area contributed by atoms with Gasteiger partial charge in [0.2, 0.25) is 0 Å². The summed E-state index contributed by atoms with van der Waals surface area (Å²) in [4.78, 5) is 26.7. The molecule has 144 valence electrons. The van der Waals surface area contributed by atoms with Gasteiger partial charge in [0, 0.05) is 36.7 Å². The van der Waals surface area contributed by atoms with Crippen LogP contribution in [0.2, 0.25) is 0 Å². The van der Waals surface area contributed by atoms with Crippen LogP contribution in [0, 0.1) is 0 Å². The highest BCUT2D eigenvalue weighted by molar-refractivity contribution is 5.84. The number of fused-ring (bicyclic) bond motifs is 3. The molecule has 0 saturated carbocycles. The van der Waals surface area contributed by atoms with Gasteiger partial charge in [-0.15, -0.1) is 0 Å². The molecule has 2 aliphatic rings. The van der Waals surface area contributed by atoms with E-state index in [0.717, 1.165) is 48.6 Å². The average molecular weight is 371 g/mol. The van der Waals surface area contributed by atoms with Crippen molar-refractivity contribution in [3.05, 3.63) is 39.7 Å². The highest BCUT2D eigenvalue weighted by Gasteiger charge is 2.24. The molecule has 1 aliphatic heterocycles. The highest BCUT2D eigenvalue weighted by Crippen LogP contribution is 2.29. The van der Waals surface area contributed by atoms with Crippen LogP contribution < -0.4 is 10.4 Å². The van der Waals surface area contributed by atoms with Gasteiger partial charge >= 0.3 is 5.63 Å². The minimum atomic E-state index is -0.607. The average Bonchev–Trinajstić information content (AvgIpc) is 2.97. The lowest BCUT2D eigenvalue weighted by molar-refractivity contribution is -0.138. The molecule has 27 heavy (non-hydrogen) atoms. The fraction of sp³-hybridized carbons (Fsp3) is 0.524. The molecule has 2 heterocycles. The van der Waals surface area contributed by atoms with Crippen molar-refractivity contribution in [2.45, 2.75) is 45.1 Å². The van der Waals surface area contributed by atoms with Gasteiger partial charge in [0.15, 0.2) is 6.10 Å². The van der Waals surface area contributed by atoms with Gasteiger partial charge in [-0.2, -0.15) is 0 Å². The van der Waals surface area contributed by atoms with Gasteiger partial charge in [-0.25, -0.2) is 4.79 Å². The van der Waals surface area contributed by atoms with Crippen molar-refractivity contribution in [1.29, 1.82) is 0 Å². The van der Waals surface area contributed by atoms with Gasteiger partial charge in [0.25, 0.3) is 5.91 Å². The number of benzene rings is 1. The van der Waals surface area contributed by atoms with Gasteiger partial charge in [-0.05, 0) is 56.7 Å². The molecular formula is C21H25NO5. The molecule has 1 unspecified atom stereocenters. The molecule has 0 spiro atoms. The molecule has 6 heteroatoms. The quantitative estimate of drug-likeness (QED) is 0.776. The molecule has 1 fully saturated rings. The summed E-state index contributed by atoms with van der Waals surface area (Å²) in [6, 6.07) is 5.52. The number of rotatable bonds is 3. The Kier molecular flexibility index (Phi) is 5.16. The SMILES string of the molecule is CC(Oc1ccc2c3c(c(=O)oc2c1)CCCC3)C(=O)N1CCCOCC1. The van der Waals surface area contributed by atoms with Gasteiger partial charge in [0.1, 0.15) is 11.3 Å². The van der Waals surface area contributed by atoms with Gasteiger partial charge in [-0.3, -0.25) is 4.79 Å². The van der Waals surface area contributed by atoms with Crippen molar-refractivity contribution in [1.82, 2.24) is 4.90 Å². The first-order chi connectivity index (χ1) is 13.1. The second-order valence-electron chi connectivity index (χ2n) is 7.26. The molecule has 1 aliphatic carbocycles. The second-order valence-corrected chi connectivity index (χ2v) is 7.26. The monoisotopic (exact) mass is 371 g/mol. The summed E-state index contributed by atoms with van der Waals surface area (Å²) in [5.74, 6) is 0.487. The number of ether oxygens (including phenoxy) is 2. The Balaban J connectivity index is 1.55. The lowest BCUT2D eigenvalue weighted by Crippen LogP contribution is -2.41. The maximum Gasteiger partial charge on any atom is 0.339 e. The highest BCUT2D eigenvalue weighted by atomic mass is 16.5. The third kappa shape index (κ3) is 3.72. The van der Waals surface area contributed by atoms with Crippen LogP contribution in [-0.2, 0) is 22.4 Å². The van der Waals surface area contributed by atoms with E-state index in [4.69, 9.17) is 13.9 Å². The number of nitrogens with zero attached hydrogens (tertiary/aromatic N) is 1. The van der Waals surface area contributed by atoms with Gasteiger partial charge < -0.3 is 18.8 Å². The fourth-order valence-electron chi connectivity index (χ4n) is 3.98. The van der Waals surface area contributed by atoms with Crippen LogP contribution in [-0.4, -0.2) is 43.2 Å². The van der Waals surface area contributed by atoms with E-state index < -0.39 is 6.10 Å². The Morgan fingerprint density at radius 1 is 1.11 bits per heavy atom. The van der Waals surface area contributed by atoms with Crippen molar-refractivity contribution in [2.24, 2.45) is 0 Å². The summed E-state index contributed by atoms with van der Waals surface area (Å²) in [6.07, 6.45) is 4.05. The van der Waals surface area contributed by atoms with Crippen molar-refractivity contribution >= 4 is 16.9 Å². The minimum Gasteiger partial charge on any atom is -0.481 e. The zero-order valence-electron chi connectivity index (χ0n) is 15.7. The zero-order valence-corrected chi connectivity index (χ0v) is 15.7. The Bertz CT molecular complexity index is 895. The van der Waals surface area contributed by atoms with Crippen LogP contribution in [0.15, 0.2) is 27.4 Å². The zero-order chi connectivity index (χ0) is 18.8. The summed E-state index contributed by atoms with van der Waals surface area (Å²) in [6.45, 7) is 4.27. The molecule has 1 amide bonds. The van der Waals surface area contributed by atoms with E-state index in [1.807, 2.05) is 12.1 Å². The second kappa shape index (κ2) is 7.72. The number of aryl methyl sites for hydroxylation is 1. The Morgan fingerprint density at radius 3 is 2.78 bits per heavy atom. The molecule has 1 aromatic heterocycles. The lowest BCUT2D eigenvalue weighted by Gasteiger charge is -2.24. The first-order valence-corrected chi connectivity index (χ1v) is 9.75. The molecule has 0 N–H and O–H groups in total. The summed E-state index contributed by atoms with van der Waals surface area (Å²) < 4.78 is 16.8. The number of carbonyl (C=O) groups excluding carboxylic acids is 1. The number of hydrogen-bond acceptors (Lipinski definition) is 5. The number of amides is 1. The van der Waals surface area contributed by atoms with E-state index in [2.05, 4.69) is 0 Å². The van der Waals surface area contributed by atoms with Gasteiger partial charge in [-0.1, -0.05) is 0 Å². The van der Waals surface area contributed by atoms with E-state index in [1.54, 1.807) is 17.9 Å². The van der Waals surface area contributed by atoms with Gasteiger partial charge in [0.05, 0.1) is 6.61 Å². The molecule has 1 atom stereocenters. The summed E-state index contributed by atoms with van der Waals surface area (Å²) >= 11 is 0. The van der Waals surface area contributed by atoms with Crippen molar-refractivity contribution in [3.8, 4) is 5.75 Å². The summed E-state index contributed by atoms with van der Waals surface area (Å²) in [5.41, 5.74) is 2.20. The smallest absolute Gasteiger partial charge is 0.339 e. The van der Waals surface area contributed by atoms with E-state index in [0.29, 0.717) is 37.6 Å². The molecule has 4 rings (SSSR count). The van der Waals surface area contributed by atoms with Crippen LogP contribution in [0.5, 0.6) is 5.75 Å². The minimum absolute atomic E-state index is 0.0486. The molecule has 0 bridgehead atoms. The predicted octanol–water partition coefficient (Wildman–Crippen LogP) is 2.69. The number of carbonyl (C=O) groups is 1. The van der Waals surface area contributed by atoms with Crippen LogP contribution in [0.1, 0.15) is 37.3 Å². The Hall–Kier alpha value is -2.34. The molecular weight excluding hydrogens is 346 g/mol. The third-order valence-corrected chi connectivity index (χ3v) is 5.39. The normalized spacial score (nSPS) is 18.6. The van der Waals surface area contributed by atoms with E-state index in [1.165, 1.54) is 0 Å². The molecule has 6 nitrogen and oxygen atoms in total. The van der Waals surface area contributed by atoms with Crippen molar-refractivity contribution < 1.29 is 18.7 Å². The van der Waals surface area contributed by atoms with Crippen LogP contribution >= 0.6 is 0 Å². The Labute approximate surface area is 158 Å². The molecule has 1 saturated heterocycles. The molecule has 1 aromatic carbocycles. The van der Waals surface area contributed by atoms with Crippen LogP contribution in [0.25, 0.3) is 11.0 Å². The maximum atomic E-state index is 12.6. The molecule has 0 radical (unpaired) electrons. The van der Waals surface area contributed by atoms with Crippen LogP contribution in [0.3, 0.4) is 0 Å².